The number of nitrogens with zero attached hydrogens (tertiary/aromatic N) is 1. The van der Waals surface area contributed by atoms with Crippen molar-refractivity contribution in [3.63, 3.8) is 0 Å². The Balaban J connectivity index is 2.24. The number of aliphatic hydroxyl groups is 1. The van der Waals surface area contributed by atoms with Gasteiger partial charge in [-0.05, 0) is 24.1 Å². The second-order valence-corrected chi connectivity index (χ2v) is 5.38. The first kappa shape index (κ1) is 15.1. The van der Waals surface area contributed by atoms with Gasteiger partial charge in [0.25, 0.3) is 0 Å². The molecule has 5 nitrogen and oxygen atoms in total. The number of benzene rings is 1. The molecule has 2 atom stereocenters. The van der Waals surface area contributed by atoms with Crippen LogP contribution < -0.4 is 0 Å². The molecule has 0 saturated carbocycles. The highest BCUT2D eigenvalue weighted by Crippen LogP contribution is 2.31. The van der Waals surface area contributed by atoms with Crippen LogP contribution >= 0.6 is 11.6 Å². The average Bonchev–Trinajstić information content (AvgIpc) is 2.64. The number of carboxylic acid groups (broad SMARTS) is 1. The summed E-state index contributed by atoms with van der Waals surface area (Å²) in [7, 11) is 0. The number of aryl methyl sites for hydroxylation is 1. The van der Waals surface area contributed by atoms with E-state index in [1.165, 1.54) is 4.90 Å². The normalized spacial score (nSPS) is 23.4. The van der Waals surface area contributed by atoms with Crippen LogP contribution in [0, 0.1) is 12.8 Å². The summed E-state index contributed by atoms with van der Waals surface area (Å²) >= 11 is 6.01. The summed E-state index contributed by atoms with van der Waals surface area (Å²) in [5.41, 5.74) is 1.85. The van der Waals surface area contributed by atoms with Gasteiger partial charge in [0.2, 0.25) is 0 Å². The Labute approximate surface area is 122 Å². The molecular weight excluding hydrogens is 282 g/mol. The van der Waals surface area contributed by atoms with Crippen LogP contribution in [0.5, 0.6) is 0 Å². The number of hydrogen-bond acceptors (Lipinski definition) is 3. The van der Waals surface area contributed by atoms with Crippen molar-refractivity contribution in [2.75, 3.05) is 26.3 Å². The van der Waals surface area contributed by atoms with E-state index in [2.05, 4.69) is 0 Å². The summed E-state index contributed by atoms with van der Waals surface area (Å²) in [6.45, 7) is 2.67. The lowest BCUT2D eigenvalue weighted by Crippen LogP contribution is -2.36. The topological polar surface area (TPSA) is 70.0 Å². The summed E-state index contributed by atoms with van der Waals surface area (Å²) in [6.07, 6.45) is -1.31. The number of aliphatic hydroxyl groups excluding tert-OH is 1. The van der Waals surface area contributed by atoms with Crippen LogP contribution in [0.25, 0.3) is 0 Å². The molecule has 1 saturated heterocycles. The van der Waals surface area contributed by atoms with Crippen molar-refractivity contribution in [2.24, 2.45) is 5.92 Å². The molecular formula is C14H18ClNO4. The minimum Gasteiger partial charge on any atom is -0.465 e. The third kappa shape index (κ3) is 3.23. The van der Waals surface area contributed by atoms with Gasteiger partial charge in [0.15, 0.2) is 0 Å². The Bertz CT molecular complexity index is 494. The fraction of sp³-hybridized carbons (Fsp3) is 0.500. The molecule has 0 unspecified atom stereocenters. The van der Waals surface area contributed by atoms with Gasteiger partial charge < -0.3 is 19.8 Å². The van der Waals surface area contributed by atoms with Gasteiger partial charge in [0, 0.05) is 24.0 Å². The fourth-order valence-corrected chi connectivity index (χ4v) is 2.55. The van der Waals surface area contributed by atoms with Gasteiger partial charge in [-0.15, -0.1) is 0 Å². The van der Waals surface area contributed by atoms with E-state index >= 15 is 0 Å². The first-order valence-electron chi connectivity index (χ1n) is 6.49. The lowest BCUT2D eigenvalue weighted by atomic mass is 9.95. The maximum absolute atomic E-state index is 11.1. The van der Waals surface area contributed by atoms with E-state index in [1.807, 2.05) is 19.1 Å². The molecule has 0 spiro atoms. The third-order valence-corrected chi connectivity index (χ3v) is 3.98. The van der Waals surface area contributed by atoms with Crippen molar-refractivity contribution in [1.29, 1.82) is 0 Å². The van der Waals surface area contributed by atoms with Gasteiger partial charge in [-0.3, -0.25) is 0 Å². The van der Waals surface area contributed by atoms with E-state index in [-0.39, 0.29) is 25.2 Å². The van der Waals surface area contributed by atoms with Crippen LogP contribution in [0.4, 0.5) is 4.79 Å². The maximum atomic E-state index is 11.1. The molecule has 1 amide bonds. The molecule has 1 aromatic carbocycles. The van der Waals surface area contributed by atoms with Crippen LogP contribution in [0.2, 0.25) is 5.02 Å². The van der Waals surface area contributed by atoms with Gasteiger partial charge in [-0.2, -0.15) is 0 Å². The van der Waals surface area contributed by atoms with Crippen molar-refractivity contribution in [3.05, 3.63) is 34.3 Å². The van der Waals surface area contributed by atoms with E-state index in [9.17, 15) is 9.90 Å². The quantitative estimate of drug-likeness (QED) is 0.879. The highest BCUT2D eigenvalue weighted by atomic mass is 35.5. The first-order chi connectivity index (χ1) is 9.52. The van der Waals surface area contributed by atoms with E-state index in [4.69, 9.17) is 21.4 Å². The first-order valence-corrected chi connectivity index (χ1v) is 6.87. The Morgan fingerprint density at radius 1 is 1.55 bits per heavy atom. The van der Waals surface area contributed by atoms with E-state index in [0.29, 0.717) is 18.2 Å². The van der Waals surface area contributed by atoms with Crippen molar-refractivity contribution >= 4 is 17.7 Å². The summed E-state index contributed by atoms with van der Waals surface area (Å²) in [6, 6.07) is 5.58. The third-order valence-electron chi connectivity index (χ3n) is 3.56. The Morgan fingerprint density at radius 2 is 2.30 bits per heavy atom. The van der Waals surface area contributed by atoms with Crippen molar-refractivity contribution < 1.29 is 19.7 Å². The Hall–Kier alpha value is -1.30. The SMILES string of the molecule is Cc1cc([C@H]2OCCN(C(=O)O)C[C@H]2CO)ccc1Cl. The van der Waals surface area contributed by atoms with Gasteiger partial charge in [0.05, 0.1) is 19.3 Å². The minimum atomic E-state index is -0.986. The van der Waals surface area contributed by atoms with Crippen LogP contribution in [0.15, 0.2) is 18.2 Å². The molecule has 1 aliphatic heterocycles. The fourth-order valence-electron chi connectivity index (χ4n) is 2.44. The van der Waals surface area contributed by atoms with Crippen LogP contribution in [-0.2, 0) is 4.74 Å². The predicted octanol–water partition coefficient (Wildman–Crippen LogP) is 2.31. The lowest BCUT2D eigenvalue weighted by molar-refractivity contribution is 0.0113. The zero-order valence-corrected chi connectivity index (χ0v) is 12.0. The largest absolute Gasteiger partial charge is 0.465 e. The van der Waals surface area contributed by atoms with Crippen molar-refractivity contribution in [2.45, 2.75) is 13.0 Å². The monoisotopic (exact) mass is 299 g/mol. The van der Waals surface area contributed by atoms with Crippen molar-refractivity contribution in [3.8, 4) is 0 Å². The van der Waals surface area contributed by atoms with Crippen molar-refractivity contribution in [1.82, 2.24) is 4.90 Å². The van der Waals surface area contributed by atoms with Crippen LogP contribution in [0.1, 0.15) is 17.2 Å². The molecule has 0 aromatic heterocycles. The van der Waals surface area contributed by atoms with E-state index in [1.54, 1.807) is 6.07 Å². The molecule has 1 aliphatic rings. The molecule has 20 heavy (non-hydrogen) atoms. The molecule has 2 rings (SSSR count). The molecule has 1 heterocycles. The van der Waals surface area contributed by atoms with Crippen LogP contribution in [0.3, 0.4) is 0 Å². The predicted molar refractivity (Wildman–Crippen MR) is 75.1 cm³/mol. The number of ether oxygens (including phenoxy) is 1. The zero-order valence-electron chi connectivity index (χ0n) is 11.3. The molecule has 110 valence electrons. The standard InChI is InChI=1S/C14H18ClNO4/c1-9-6-10(2-3-12(9)15)13-11(8-17)7-16(14(18)19)4-5-20-13/h2-3,6,11,13,17H,4-5,7-8H2,1H3,(H,18,19)/t11-,13+/m0/s1. The average molecular weight is 300 g/mol. The second kappa shape index (κ2) is 6.43. The van der Waals surface area contributed by atoms with Gasteiger partial charge in [-0.1, -0.05) is 23.7 Å². The Morgan fingerprint density at radius 3 is 2.90 bits per heavy atom. The number of carbonyl (C=O) groups is 1. The number of amides is 1. The van der Waals surface area contributed by atoms with E-state index < -0.39 is 6.09 Å². The molecule has 2 N–H and O–H groups in total. The van der Waals surface area contributed by atoms with Crippen LogP contribution in [-0.4, -0.2) is 47.5 Å². The highest BCUT2D eigenvalue weighted by Gasteiger charge is 2.30. The number of rotatable bonds is 2. The Kier molecular flexibility index (Phi) is 4.86. The molecule has 1 fully saturated rings. The highest BCUT2D eigenvalue weighted by molar-refractivity contribution is 6.31. The minimum absolute atomic E-state index is 0.129. The molecule has 0 aliphatic carbocycles. The summed E-state index contributed by atoms with van der Waals surface area (Å²) < 4.78 is 5.76. The smallest absolute Gasteiger partial charge is 0.407 e. The number of hydrogen-bond donors (Lipinski definition) is 2. The lowest BCUT2D eigenvalue weighted by Gasteiger charge is -2.25. The maximum Gasteiger partial charge on any atom is 0.407 e. The summed E-state index contributed by atoms with van der Waals surface area (Å²) in [4.78, 5) is 12.4. The van der Waals surface area contributed by atoms with Gasteiger partial charge in [-0.25, -0.2) is 4.79 Å². The molecule has 6 heteroatoms. The van der Waals surface area contributed by atoms with Gasteiger partial charge in [0.1, 0.15) is 0 Å². The van der Waals surface area contributed by atoms with Gasteiger partial charge >= 0.3 is 6.09 Å². The second-order valence-electron chi connectivity index (χ2n) is 4.97. The number of halogens is 1. The molecule has 1 aromatic rings. The summed E-state index contributed by atoms with van der Waals surface area (Å²) in [5.74, 6) is -0.283. The van der Waals surface area contributed by atoms with E-state index in [0.717, 1.165) is 11.1 Å². The summed E-state index contributed by atoms with van der Waals surface area (Å²) in [5, 5.41) is 19.3. The molecule has 0 bridgehead atoms. The zero-order chi connectivity index (χ0) is 14.7. The molecule has 0 radical (unpaired) electrons.